The Bertz CT molecular complexity index is 443. The summed E-state index contributed by atoms with van der Waals surface area (Å²) in [6.45, 7) is 8.66. The number of nitrogens with zero attached hydrogens (tertiary/aromatic N) is 1. The Labute approximate surface area is 119 Å². The van der Waals surface area contributed by atoms with Crippen LogP contribution in [0.15, 0.2) is 0 Å². The standard InChI is InChI=1S/C15H24N2OS/c1-9(2)7-16-8-14-10(3)17-15(19-14)12-6-11-4-5-13(12)18-11/h9,11-13,16H,4-8H2,1-3H3. The number of aromatic nitrogens is 1. The molecule has 3 heterocycles. The molecule has 4 heteroatoms. The number of hydrogen-bond acceptors (Lipinski definition) is 4. The average molecular weight is 280 g/mol. The van der Waals surface area contributed by atoms with Gasteiger partial charge < -0.3 is 10.1 Å². The van der Waals surface area contributed by atoms with Crippen molar-refractivity contribution in [1.82, 2.24) is 10.3 Å². The summed E-state index contributed by atoms with van der Waals surface area (Å²) in [5, 5.41) is 4.83. The fourth-order valence-corrected chi connectivity index (χ4v) is 4.35. The first kappa shape index (κ1) is 13.5. The van der Waals surface area contributed by atoms with Gasteiger partial charge in [0.15, 0.2) is 0 Å². The van der Waals surface area contributed by atoms with Crippen molar-refractivity contribution in [2.75, 3.05) is 6.54 Å². The van der Waals surface area contributed by atoms with Gasteiger partial charge in [-0.25, -0.2) is 4.98 Å². The van der Waals surface area contributed by atoms with Crippen molar-refractivity contribution in [1.29, 1.82) is 0 Å². The van der Waals surface area contributed by atoms with E-state index in [0.29, 0.717) is 24.0 Å². The smallest absolute Gasteiger partial charge is 0.0989 e. The van der Waals surface area contributed by atoms with Crippen LogP contribution in [-0.4, -0.2) is 23.7 Å². The number of hydrogen-bond donors (Lipinski definition) is 1. The van der Waals surface area contributed by atoms with E-state index in [4.69, 9.17) is 9.72 Å². The van der Waals surface area contributed by atoms with Crippen molar-refractivity contribution in [3.05, 3.63) is 15.6 Å². The Balaban J connectivity index is 1.64. The van der Waals surface area contributed by atoms with Gasteiger partial charge in [-0.1, -0.05) is 13.8 Å². The van der Waals surface area contributed by atoms with Crippen LogP contribution in [0.25, 0.3) is 0 Å². The second-order valence-electron chi connectivity index (χ2n) is 6.30. The maximum Gasteiger partial charge on any atom is 0.0989 e. The van der Waals surface area contributed by atoms with Crippen molar-refractivity contribution in [3.63, 3.8) is 0 Å². The third-order valence-corrected chi connectivity index (χ3v) is 5.46. The van der Waals surface area contributed by atoms with Gasteiger partial charge in [-0.3, -0.25) is 0 Å². The van der Waals surface area contributed by atoms with Gasteiger partial charge in [0.25, 0.3) is 0 Å². The Kier molecular flexibility index (Phi) is 3.92. The monoisotopic (exact) mass is 280 g/mol. The summed E-state index contributed by atoms with van der Waals surface area (Å²) in [7, 11) is 0. The molecule has 0 aliphatic carbocycles. The molecule has 0 spiro atoms. The van der Waals surface area contributed by atoms with Crippen LogP contribution in [0.4, 0.5) is 0 Å². The summed E-state index contributed by atoms with van der Waals surface area (Å²) in [5.41, 5.74) is 1.21. The molecule has 1 N–H and O–H groups in total. The summed E-state index contributed by atoms with van der Waals surface area (Å²) in [4.78, 5) is 6.21. The third-order valence-electron chi connectivity index (χ3n) is 4.17. The van der Waals surface area contributed by atoms with E-state index in [-0.39, 0.29) is 0 Å². The highest BCUT2D eigenvalue weighted by molar-refractivity contribution is 7.11. The van der Waals surface area contributed by atoms with Gasteiger partial charge in [0, 0.05) is 17.3 Å². The minimum absolute atomic E-state index is 0.451. The molecule has 1 aromatic heterocycles. The molecule has 3 nitrogen and oxygen atoms in total. The molecule has 2 aliphatic rings. The molecule has 2 fully saturated rings. The Morgan fingerprint density at radius 2 is 2.26 bits per heavy atom. The summed E-state index contributed by atoms with van der Waals surface area (Å²) < 4.78 is 5.95. The van der Waals surface area contributed by atoms with E-state index in [2.05, 4.69) is 26.1 Å². The van der Waals surface area contributed by atoms with E-state index in [1.54, 1.807) is 0 Å². The summed E-state index contributed by atoms with van der Waals surface area (Å²) >= 11 is 1.89. The van der Waals surface area contributed by atoms with E-state index in [1.165, 1.54) is 34.8 Å². The molecule has 0 amide bonds. The Hall–Kier alpha value is -0.450. The lowest BCUT2D eigenvalue weighted by Crippen LogP contribution is -2.18. The van der Waals surface area contributed by atoms with Crippen LogP contribution in [0, 0.1) is 12.8 Å². The van der Waals surface area contributed by atoms with Gasteiger partial charge in [-0.2, -0.15) is 0 Å². The summed E-state index contributed by atoms with van der Waals surface area (Å²) in [5.74, 6) is 1.27. The Morgan fingerprint density at radius 1 is 1.42 bits per heavy atom. The number of nitrogens with one attached hydrogen (secondary N) is 1. The molecule has 2 bridgehead atoms. The highest BCUT2D eigenvalue weighted by Gasteiger charge is 2.42. The van der Waals surface area contributed by atoms with Crippen LogP contribution < -0.4 is 5.32 Å². The van der Waals surface area contributed by atoms with E-state index < -0.39 is 0 Å². The number of ether oxygens (including phenoxy) is 1. The quantitative estimate of drug-likeness (QED) is 0.899. The molecular weight excluding hydrogens is 256 g/mol. The van der Waals surface area contributed by atoms with Crippen molar-refractivity contribution < 1.29 is 4.74 Å². The zero-order chi connectivity index (χ0) is 13.4. The highest BCUT2D eigenvalue weighted by atomic mass is 32.1. The molecule has 1 aromatic rings. The topological polar surface area (TPSA) is 34.1 Å². The normalized spacial score (nSPS) is 29.6. The van der Waals surface area contributed by atoms with Gasteiger partial charge >= 0.3 is 0 Å². The lowest BCUT2D eigenvalue weighted by molar-refractivity contribution is 0.101. The molecule has 0 saturated carbocycles. The maximum absolute atomic E-state index is 5.95. The number of aryl methyl sites for hydroxylation is 1. The predicted octanol–water partition coefficient (Wildman–Crippen LogP) is 3.23. The van der Waals surface area contributed by atoms with Crippen molar-refractivity contribution in [2.45, 2.75) is 64.7 Å². The molecule has 3 atom stereocenters. The molecule has 0 radical (unpaired) electrons. The zero-order valence-corrected chi connectivity index (χ0v) is 12.9. The molecule has 2 aliphatic heterocycles. The third kappa shape index (κ3) is 2.86. The average Bonchev–Trinajstić information content (AvgIpc) is 3.04. The van der Waals surface area contributed by atoms with Crippen LogP contribution in [-0.2, 0) is 11.3 Å². The van der Waals surface area contributed by atoms with E-state index in [0.717, 1.165) is 13.1 Å². The first-order valence-corrected chi connectivity index (χ1v) is 8.27. The van der Waals surface area contributed by atoms with Gasteiger partial charge in [-0.15, -0.1) is 11.3 Å². The van der Waals surface area contributed by atoms with Gasteiger partial charge in [0.2, 0.25) is 0 Å². The fraction of sp³-hybridized carbons (Fsp3) is 0.800. The fourth-order valence-electron chi connectivity index (χ4n) is 3.15. The van der Waals surface area contributed by atoms with E-state index >= 15 is 0 Å². The Morgan fingerprint density at radius 3 is 2.89 bits per heavy atom. The van der Waals surface area contributed by atoms with Crippen LogP contribution in [0.5, 0.6) is 0 Å². The zero-order valence-electron chi connectivity index (χ0n) is 12.1. The molecule has 3 unspecified atom stereocenters. The first-order valence-electron chi connectivity index (χ1n) is 7.46. The minimum Gasteiger partial charge on any atom is -0.374 e. The maximum atomic E-state index is 5.95. The number of fused-ring (bicyclic) bond motifs is 2. The van der Waals surface area contributed by atoms with Gasteiger partial charge in [0.1, 0.15) is 0 Å². The largest absolute Gasteiger partial charge is 0.374 e. The number of rotatable bonds is 5. The minimum atomic E-state index is 0.451. The van der Waals surface area contributed by atoms with Gasteiger partial charge in [0.05, 0.1) is 22.9 Å². The summed E-state index contributed by atoms with van der Waals surface area (Å²) in [6, 6.07) is 0. The van der Waals surface area contributed by atoms with Crippen LogP contribution in [0.3, 0.4) is 0 Å². The number of thiazole rings is 1. The van der Waals surface area contributed by atoms with Crippen molar-refractivity contribution in [3.8, 4) is 0 Å². The summed E-state index contributed by atoms with van der Waals surface area (Å²) in [6.07, 6.45) is 4.65. The second-order valence-corrected chi connectivity index (χ2v) is 7.42. The lowest BCUT2D eigenvalue weighted by atomic mass is 9.90. The SMILES string of the molecule is Cc1nc(C2CC3CCC2O3)sc1CNCC(C)C. The second kappa shape index (κ2) is 5.51. The highest BCUT2D eigenvalue weighted by Crippen LogP contribution is 2.45. The van der Waals surface area contributed by atoms with Gasteiger partial charge in [-0.05, 0) is 38.6 Å². The first-order chi connectivity index (χ1) is 9.13. The van der Waals surface area contributed by atoms with Crippen LogP contribution in [0.2, 0.25) is 0 Å². The lowest BCUT2D eigenvalue weighted by Gasteiger charge is -2.15. The van der Waals surface area contributed by atoms with Crippen LogP contribution in [0.1, 0.15) is 54.6 Å². The molecule has 2 saturated heterocycles. The molecule has 19 heavy (non-hydrogen) atoms. The molecular formula is C15H24N2OS. The van der Waals surface area contributed by atoms with Crippen molar-refractivity contribution >= 4 is 11.3 Å². The molecule has 106 valence electrons. The molecule has 3 rings (SSSR count). The predicted molar refractivity (Wildman–Crippen MR) is 78.6 cm³/mol. The molecule has 0 aromatic carbocycles. The van der Waals surface area contributed by atoms with E-state index in [9.17, 15) is 0 Å². The van der Waals surface area contributed by atoms with Crippen LogP contribution >= 0.6 is 11.3 Å². The van der Waals surface area contributed by atoms with E-state index in [1.807, 2.05) is 11.3 Å². The van der Waals surface area contributed by atoms with Crippen molar-refractivity contribution in [2.24, 2.45) is 5.92 Å².